The first kappa shape index (κ1) is 36.4. The van der Waals surface area contributed by atoms with Crippen molar-refractivity contribution < 1.29 is 58.6 Å². The van der Waals surface area contributed by atoms with Gasteiger partial charge in [0.25, 0.3) is 0 Å². The third-order valence-corrected chi connectivity index (χ3v) is 7.02. The van der Waals surface area contributed by atoms with Crippen LogP contribution in [0.1, 0.15) is 69.1 Å². The van der Waals surface area contributed by atoms with E-state index in [1.165, 1.54) is 48.5 Å². The standard InChI is InChI=1S/2C18H18O6/c2*1-11(23-15-7-3-13(4-8-15)17(19)20)12(2)24-16-9-5-14(6-10-16)18(21)22/h2*3-12H,1-2H3,(H,19,20)(H,21,22). The number of carboxylic acids is 4. The van der Waals surface area contributed by atoms with Gasteiger partial charge >= 0.3 is 23.9 Å². The van der Waals surface area contributed by atoms with Crippen LogP contribution in [0.3, 0.4) is 0 Å². The number of carboxylic acid groups (broad SMARTS) is 4. The van der Waals surface area contributed by atoms with Crippen LogP contribution in [0.2, 0.25) is 0 Å². The maximum atomic E-state index is 10.8. The average Bonchev–Trinajstić information content (AvgIpc) is 3.06. The zero-order chi connectivity index (χ0) is 35.4. The zero-order valence-electron chi connectivity index (χ0n) is 26.6. The van der Waals surface area contributed by atoms with Crippen LogP contribution < -0.4 is 18.9 Å². The minimum absolute atomic E-state index is 0.192. The van der Waals surface area contributed by atoms with Crippen molar-refractivity contribution in [2.45, 2.75) is 52.1 Å². The van der Waals surface area contributed by atoms with Crippen LogP contribution in [0.25, 0.3) is 0 Å². The molecule has 0 saturated heterocycles. The van der Waals surface area contributed by atoms with Gasteiger partial charge in [-0.2, -0.15) is 0 Å². The summed E-state index contributed by atoms with van der Waals surface area (Å²) < 4.78 is 22.9. The molecule has 0 heterocycles. The Balaban J connectivity index is 0.000000260. The normalized spacial score (nSPS) is 12.9. The number of ether oxygens (including phenoxy) is 4. The largest absolute Gasteiger partial charge is 0.487 e. The van der Waals surface area contributed by atoms with Gasteiger partial charge < -0.3 is 39.4 Å². The van der Waals surface area contributed by atoms with Crippen molar-refractivity contribution in [3.8, 4) is 23.0 Å². The lowest BCUT2D eigenvalue weighted by Crippen LogP contribution is -2.31. The Morgan fingerprint density at radius 1 is 0.354 bits per heavy atom. The lowest BCUT2D eigenvalue weighted by atomic mass is 10.2. The van der Waals surface area contributed by atoms with Crippen LogP contribution in [-0.2, 0) is 0 Å². The van der Waals surface area contributed by atoms with Crippen molar-refractivity contribution in [1.82, 2.24) is 0 Å². The first-order valence-electron chi connectivity index (χ1n) is 14.7. The fourth-order valence-corrected chi connectivity index (χ4v) is 3.95. The zero-order valence-corrected chi connectivity index (χ0v) is 26.6. The molecule has 0 fully saturated rings. The van der Waals surface area contributed by atoms with Crippen LogP contribution in [0, 0.1) is 0 Å². The average molecular weight is 661 g/mol. The van der Waals surface area contributed by atoms with Gasteiger partial charge in [0.1, 0.15) is 47.4 Å². The minimum atomic E-state index is -0.990. The van der Waals surface area contributed by atoms with Crippen molar-refractivity contribution in [3.63, 3.8) is 0 Å². The number of rotatable bonds is 14. The summed E-state index contributed by atoms with van der Waals surface area (Å²) in [6, 6.07) is 24.5. The van der Waals surface area contributed by atoms with E-state index >= 15 is 0 Å². The number of carbonyl (C=O) groups is 4. The van der Waals surface area contributed by atoms with Crippen LogP contribution in [0.5, 0.6) is 23.0 Å². The van der Waals surface area contributed by atoms with Gasteiger partial charge in [-0.05, 0) is 125 Å². The second-order valence-electron chi connectivity index (χ2n) is 10.6. The summed E-state index contributed by atoms with van der Waals surface area (Å²) in [5.74, 6) is -1.78. The van der Waals surface area contributed by atoms with Crippen LogP contribution in [0.4, 0.5) is 0 Å². The predicted molar refractivity (Wildman–Crippen MR) is 174 cm³/mol. The van der Waals surface area contributed by atoms with Crippen molar-refractivity contribution in [2.24, 2.45) is 0 Å². The van der Waals surface area contributed by atoms with Crippen LogP contribution in [0.15, 0.2) is 97.1 Å². The first-order valence-corrected chi connectivity index (χ1v) is 14.7. The molecule has 0 aliphatic carbocycles. The summed E-state index contributed by atoms with van der Waals surface area (Å²) in [5.41, 5.74) is 0.770. The summed E-state index contributed by atoms with van der Waals surface area (Å²) in [7, 11) is 0. The third kappa shape index (κ3) is 11.1. The highest BCUT2D eigenvalue weighted by molar-refractivity contribution is 5.89. The van der Waals surface area contributed by atoms with Gasteiger partial charge in [0.15, 0.2) is 0 Å². The van der Waals surface area contributed by atoms with E-state index in [-0.39, 0.29) is 46.7 Å². The van der Waals surface area contributed by atoms with Crippen molar-refractivity contribution in [2.75, 3.05) is 0 Å². The monoisotopic (exact) mass is 660 g/mol. The molecule has 0 saturated carbocycles. The van der Waals surface area contributed by atoms with Crippen molar-refractivity contribution in [1.29, 1.82) is 0 Å². The Morgan fingerprint density at radius 3 is 0.625 bits per heavy atom. The van der Waals surface area contributed by atoms with E-state index in [4.69, 9.17) is 39.4 Å². The Kier molecular flexibility index (Phi) is 12.9. The van der Waals surface area contributed by atoms with Crippen molar-refractivity contribution >= 4 is 23.9 Å². The van der Waals surface area contributed by atoms with Crippen LogP contribution >= 0.6 is 0 Å². The van der Waals surface area contributed by atoms with E-state index in [2.05, 4.69) is 0 Å². The molecule has 12 heteroatoms. The van der Waals surface area contributed by atoms with Gasteiger partial charge in [0, 0.05) is 0 Å². The topological polar surface area (TPSA) is 186 Å². The molecule has 48 heavy (non-hydrogen) atoms. The van der Waals surface area contributed by atoms with Gasteiger partial charge in [-0.25, -0.2) is 19.2 Å². The van der Waals surface area contributed by atoms with E-state index in [9.17, 15) is 19.2 Å². The molecule has 0 aliphatic heterocycles. The highest BCUT2D eigenvalue weighted by Crippen LogP contribution is 2.21. The van der Waals surface area contributed by atoms with E-state index in [0.29, 0.717) is 23.0 Å². The summed E-state index contributed by atoms with van der Waals surface area (Å²) in [6.07, 6.45) is -1.17. The fourth-order valence-electron chi connectivity index (χ4n) is 3.95. The van der Waals surface area contributed by atoms with Crippen molar-refractivity contribution in [3.05, 3.63) is 119 Å². The number of aromatic carboxylic acids is 4. The van der Waals surface area contributed by atoms with Gasteiger partial charge in [-0.3, -0.25) is 0 Å². The summed E-state index contributed by atoms with van der Waals surface area (Å²) >= 11 is 0. The molecule has 4 unspecified atom stereocenters. The van der Waals surface area contributed by atoms with Gasteiger partial charge in [-0.15, -0.1) is 0 Å². The van der Waals surface area contributed by atoms with Gasteiger partial charge in [0.05, 0.1) is 22.3 Å². The summed E-state index contributed by atoms with van der Waals surface area (Å²) in [6.45, 7) is 7.34. The molecule has 0 aromatic heterocycles. The molecular weight excluding hydrogens is 624 g/mol. The maximum Gasteiger partial charge on any atom is 0.335 e. The molecular formula is C36H36O12. The smallest absolute Gasteiger partial charge is 0.335 e. The predicted octanol–water partition coefficient (Wildman–Crippen LogP) is 6.64. The summed E-state index contributed by atoms with van der Waals surface area (Å²) in [5, 5.41) is 35.5. The molecule has 4 aromatic carbocycles. The quantitative estimate of drug-likeness (QED) is 0.113. The van der Waals surface area contributed by atoms with Gasteiger partial charge in [0.2, 0.25) is 0 Å². The molecule has 4 N–H and O–H groups in total. The third-order valence-electron chi connectivity index (χ3n) is 7.02. The highest BCUT2D eigenvalue weighted by Gasteiger charge is 2.18. The Morgan fingerprint density at radius 2 is 0.500 bits per heavy atom. The maximum absolute atomic E-state index is 10.8. The Hall–Kier alpha value is -6.04. The molecule has 4 rings (SSSR count). The number of hydrogen-bond donors (Lipinski definition) is 4. The molecule has 0 bridgehead atoms. The molecule has 4 atom stereocenters. The highest BCUT2D eigenvalue weighted by atomic mass is 16.5. The second-order valence-corrected chi connectivity index (χ2v) is 10.6. The molecule has 0 radical (unpaired) electrons. The number of benzene rings is 4. The minimum Gasteiger partial charge on any atom is -0.487 e. The lowest BCUT2D eigenvalue weighted by Gasteiger charge is -2.23. The Labute approximate surface area is 276 Å². The Bertz CT molecular complexity index is 1410. The SMILES string of the molecule is CC(Oc1ccc(C(=O)O)cc1)C(C)Oc1ccc(C(=O)O)cc1.CC(Oc1ccc(C(=O)O)cc1)C(C)Oc1ccc(C(=O)O)cc1. The first-order chi connectivity index (χ1) is 22.7. The molecule has 12 nitrogen and oxygen atoms in total. The summed E-state index contributed by atoms with van der Waals surface area (Å²) in [4.78, 5) is 43.3. The lowest BCUT2D eigenvalue weighted by molar-refractivity contribution is 0.0683. The van der Waals surface area contributed by atoms with E-state index in [0.717, 1.165) is 0 Å². The molecule has 252 valence electrons. The van der Waals surface area contributed by atoms with E-state index in [1.807, 2.05) is 27.7 Å². The van der Waals surface area contributed by atoms with Gasteiger partial charge in [-0.1, -0.05) is 0 Å². The van der Waals surface area contributed by atoms with Crippen LogP contribution in [-0.4, -0.2) is 68.7 Å². The second kappa shape index (κ2) is 17.0. The van der Waals surface area contributed by atoms with E-state index in [1.54, 1.807) is 48.5 Å². The molecule has 0 amide bonds. The number of hydrogen-bond acceptors (Lipinski definition) is 8. The van der Waals surface area contributed by atoms with E-state index < -0.39 is 23.9 Å². The fraction of sp³-hybridized carbons (Fsp3) is 0.222. The molecule has 0 spiro atoms. The molecule has 0 aliphatic rings. The molecule has 4 aromatic rings.